The fourth-order valence-corrected chi connectivity index (χ4v) is 4.28. The van der Waals surface area contributed by atoms with E-state index in [1.54, 1.807) is 17.8 Å². The third-order valence-electron chi connectivity index (χ3n) is 4.60. The molecule has 1 aliphatic heterocycles. The summed E-state index contributed by atoms with van der Waals surface area (Å²) in [7, 11) is 0. The van der Waals surface area contributed by atoms with Crippen LogP contribution < -0.4 is 5.32 Å². The van der Waals surface area contributed by atoms with Gasteiger partial charge in [-0.05, 0) is 43.2 Å². The molecule has 30 heavy (non-hydrogen) atoms. The number of anilines is 1. The van der Waals surface area contributed by atoms with Gasteiger partial charge in [0.25, 0.3) is 0 Å². The minimum atomic E-state index is -0.423. The van der Waals surface area contributed by atoms with Crippen LogP contribution in [0.4, 0.5) is 5.95 Å². The average Bonchev–Trinajstić information content (AvgIpc) is 3.15. The van der Waals surface area contributed by atoms with Gasteiger partial charge in [-0.1, -0.05) is 45.9 Å². The van der Waals surface area contributed by atoms with Crippen LogP contribution >= 0.6 is 27.7 Å². The van der Waals surface area contributed by atoms with Crippen molar-refractivity contribution in [2.24, 2.45) is 0 Å². The van der Waals surface area contributed by atoms with Crippen LogP contribution in [0.25, 0.3) is 0 Å². The van der Waals surface area contributed by atoms with E-state index >= 15 is 0 Å². The Hall–Kier alpha value is -2.65. The molecule has 154 valence electrons. The average molecular weight is 486 g/mol. The fraction of sp³-hybridized carbons (Fsp3) is 0.238. The van der Waals surface area contributed by atoms with E-state index in [1.165, 1.54) is 11.8 Å². The van der Waals surface area contributed by atoms with E-state index < -0.39 is 6.04 Å². The van der Waals surface area contributed by atoms with Crippen molar-refractivity contribution < 1.29 is 9.53 Å². The first-order valence-electron chi connectivity index (χ1n) is 9.45. The number of hydrogen-bond donors (Lipinski definition) is 1. The summed E-state index contributed by atoms with van der Waals surface area (Å²) in [6.07, 6.45) is 3.58. The van der Waals surface area contributed by atoms with E-state index in [-0.39, 0.29) is 5.97 Å². The summed E-state index contributed by atoms with van der Waals surface area (Å²) < 4.78 is 8.06. The summed E-state index contributed by atoms with van der Waals surface area (Å²) in [6.45, 7) is 3.96. The minimum Gasteiger partial charge on any atom is -0.463 e. The van der Waals surface area contributed by atoms with Crippen LogP contribution in [0.3, 0.4) is 0 Å². The molecule has 0 radical (unpaired) electrons. The molecule has 0 saturated heterocycles. The van der Waals surface area contributed by atoms with Gasteiger partial charge in [0.15, 0.2) is 0 Å². The first kappa shape index (κ1) is 20.6. The number of carbonyl (C=O) groups is 1. The summed E-state index contributed by atoms with van der Waals surface area (Å²) in [5.41, 5.74) is 3.26. The van der Waals surface area contributed by atoms with Crippen LogP contribution in [0.1, 0.15) is 31.0 Å². The second-order valence-corrected chi connectivity index (χ2v) is 8.51. The number of nitrogens with zero attached hydrogens (tertiary/aromatic N) is 4. The topological polar surface area (TPSA) is 81.9 Å². The van der Waals surface area contributed by atoms with Gasteiger partial charge in [0.1, 0.15) is 6.04 Å². The highest BCUT2D eigenvalue weighted by Gasteiger charge is 2.35. The highest BCUT2D eigenvalue weighted by molar-refractivity contribution is 9.10. The number of hydrogen-bond acceptors (Lipinski definition) is 7. The van der Waals surface area contributed by atoms with Gasteiger partial charge >= 0.3 is 5.97 Å². The Balaban J connectivity index is 1.70. The molecule has 7 nitrogen and oxygen atoms in total. The van der Waals surface area contributed by atoms with Gasteiger partial charge in [0, 0.05) is 28.3 Å². The first-order chi connectivity index (χ1) is 14.6. The van der Waals surface area contributed by atoms with Gasteiger partial charge in [0.05, 0.1) is 12.2 Å². The number of benzene rings is 1. The zero-order valence-corrected chi connectivity index (χ0v) is 18.9. The zero-order valence-electron chi connectivity index (χ0n) is 16.5. The van der Waals surface area contributed by atoms with Gasteiger partial charge in [-0.2, -0.15) is 4.98 Å². The quantitative estimate of drug-likeness (QED) is 0.404. The minimum absolute atomic E-state index is 0.305. The SMILES string of the molecule is CCOC(=O)C1=C(C)Nc2nc(SCc3cccnc3)nn2[C@@H]1c1ccc(Br)cc1. The lowest BCUT2D eigenvalue weighted by Crippen LogP contribution is -2.29. The number of nitrogens with one attached hydrogen (secondary N) is 1. The smallest absolute Gasteiger partial charge is 0.338 e. The third kappa shape index (κ3) is 4.27. The molecule has 1 atom stereocenters. The van der Waals surface area contributed by atoms with Crippen molar-refractivity contribution in [3.05, 3.63) is 75.7 Å². The lowest BCUT2D eigenvalue weighted by atomic mass is 9.96. The van der Waals surface area contributed by atoms with Gasteiger partial charge in [-0.15, -0.1) is 5.10 Å². The summed E-state index contributed by atoms with van der Waals surface area (Å²) in [5, 5.41) is 8.54. The summed E-state index contributed by atoms with van der Waals surface area (Å²) in [6, 6.07) is 11.3. The summed E-state index contributed by atoms with van der Waals surface area (Å²) in [5.74, 6) is 0.945. The van der Waals surface area contributed by atoms with E-state index in [0.717, 1.165) is 15.6 Å². The van der Waals surface area contributed by atoms with Crippen molar-refractivity contribution >= 4 is 39.6 Å². The second kappa shape index (κ2) is 9.01. The van der Waals surface area contributed by atoms with E-state index in [0.29, 0.717) is 34.7 Å². The van der Waals surface area contributed by atoms with Gasteiger partial charge < -0.3 is 10.1 Å². The van der Waals surface area contributed by atoms with Crippen LogP contribution in [-0.4, -0.2) is 32.3 Å². The maximum Gasteiger partial charge on any atom is 0.338 e. The van der Waals surface area contributed by atoms with Crippen molar-refractivity contribution in [3.63, 3.8) is 0 Å². The highest BCUT2D eigenvalue weighted by Crippen LogP contribution is 2.37. The number of allylic oxidation sites excluding steroid dienone is 1. The Morgan fingerprint density at radius 1 is 1.30 bits per heavy atom. The molecule has 4 rings (SSSR count). The molecule has 1 aromatic carbocycles. The van der Waals surface area contributed by atoms with Crippen molar-refractivity contribution in [2.75, 3.05) is 11.9 Å². The lowest BCUT2D eigenvalue weighted by molar-refractivity contribution is -0.139. The molecular formula is C21H20BrN5O2S. The van der Waals surface area contributed by atoms with Crippen LogP contribution in [0, 0.1) is 0 Å². The summed E-state index contributed by atoms with van der Waals surface area (Å²) in [4.78, 5) is 21.6. The maximum absolute atomic E-state index is 12.8. The van der Waals surface area contributed by atoms with Gasteiger partial charge in [0.2, 0.25) is 11.1 Å². The molecule has 9 heteroatoms. The molecule has 1 aliphatic rings. The molecule has 0 bridgehead atoms. The zero-order chi connectivity index (χ0) is 21.1. The number of pyridine rings is 1. The molecule has 0 spiro atoms. The van der Waals surface area contributed by atoms with Gasteiger partial charge in [-0.3, -0.25) is 4.98 Å². The van der Waals surface area contributed by atoms with E-state index in [4.69, 9.17) is 9.84 Å². The second-order valence-electron chi connectivity index (χ2n) is 6.65. The van der Waals surface area contributed by atoms with Crippen LogP contribution in [0.5, 0.6) is 0 Å². The predicted octanol–water partition coefficient (Wildman–Crippen LogP) is 4.58. The Kier molecular flexibility index (Phi) is 6.19. The largest absolute Gasteiger partial charge is 0.463 e. The number of rotatable bonds is 6. The molecule has 1 N–H and O–H groups in total. The number of fused-ring (bicyclic) bond motifs is 1. The molecule has 0 aliphatic carbocycles. The Bertz CT molecular complexity index is 1080. The van der Waals surface area contributed by atoms with Crippen LogP contribution in [0.2, 0.25) is 0 Å². The molecule has 3 aromatic rings. The predicted molar refractivity (Wildman–Crippen MR) is 119 cm³/mol. The lowest BCUT2D eigenvalue weighted by Gasteiger charge is -2.28. The van der Waals surface area contributed by atoms with E-state index in [9.17, 15) is 4.79 Å². The Morgan fingerprint density at radius 3 is 2.80 bits per heavy atom. The Morgan fingerprint density at radius 2 is 2.10 bits per heavy atom. The van der Waals surface area contributed by atoms with Crippen LogP contribution in [0.15, 0.2) is 69.7 Å². The van der Waals surface area contributed by atoms with E-state index in [1.807, 2.05) is 49.5 Å². The normalized spacial score (nSPS) is 15.5. The van der Waals surface area contributed by atoms with E-state index in [2.05, 4.69) is 31.2 Å². The number of ether oxygens (including phenoxy) is 1. The number of aromatic nitrogens is 4. The van der Waals surface area contributed by atoms with Crippen molar-refractivity contribution in [1.29, 1.82) is 0 Å². The number of esters is 1. The molecule has 0 fully saturated rings. The van der Waals surface area contributed by atoms with Crippen molar-refractivity contribution in [2.45, 2.75) is 30.8 Å². The standard InChI is InChI=1S/C21H20BrN5O2S/c1-3-29-19(28)17-13(2)24-20-25-21(30-12-14-5-4-10-23-11-14)26-27(20)18(17)15-6-8-16(22)9-7-15/h4-11,18H,3,12H2,1-2H3,(H,24,25,26)/t18-/m1/s1. The molecular weight excluding hydrogens is 466 g/mol. The third-order valence-corrected chi connectivity index (χ3v) is 6.04. The molecule has 2 aromatic heterocycles. The van der Waals surface area contributed by atoms with Crippen LogP contribution in [-0.2, 0) is 15.3 Å². The van der Waals surface area contributed by atoms with Crippen molar-refractivity contribution in [1.82, 2.24) is 19.7 Å². The van der Waals surface area contributed by atoms with Crippen molar-refractivity contribution in [3.8, 4) is 0 Å². The fourth-order valence-electron chi connectivity index (χ4n) is 3.25. The number of halogens is 1. The monoisotopic (exact) mass is 485 g/mol. The molecule has 3 heterocycles. The number of carbonyl (C=O) groups excluding carboxylic acids is 1. The molecule has 0 amide bonds. The first-order valence-corrected chi connectivity index (χ1v) is 11.2. The number of thioether (sulfide) groups is 1. The summed E-state index contributed by atoms with van der Waals surface area (Å²) >= 11 is 4.99. The molecule has 0 saturated carbocycles. The molecule has 0 unspecified atom stereocenters. The van der Waals surface area contributed by atoms with Gasteiger partial charge in [-0.25, -0.2) is 9.48 Å². The highest BCUT2D eigenvalue weighted by atomic mass is 79.9. The maximum atomic E-state index is 12.8. The Labute approximate surface area is 187 Å².